The molecule has 0 radical (unpaired) electrons. The van der Waals surface area contributed by atoms with Crippen LogP contribution in [0.25, 0.3) is 0 Å². The van der Waals surface area contributed by atoms with Crippen molar-refractivity contribution in [3.63, 3.8) is 0 Å². The molecular formula is C11H20N4. The van der Waals surface area contributed by atoms with Crippen LogP contribution in [-0.2, 0) is 7.05 Å². The maximum Gasteiger partial charge on any atom is 0.0756 e. The summed E-state index contributed by atoms with van der Waals surface area (Å²) in [4.78, 5) is 0. The maximum atomic E-state index is 6.35. The van der Waals surface area contributed by atoms with E-state index in [1.54, 1.807) is 10.9 Å². The van der Waals surface area contributed by atoms with E-state index in [0.717, 1.165) is 5.69 Å². The summed E-state index contributed by atoms with van der Waals surface area (Å²) in [5, 5.41) is 7.85. The van der Waals surface area contributed by atoms with Crippen molar-refractivity contribution in [2.45, 2.75) is 45.1 Å². The van der Waals surface area contributed by atoms with E-state index >= 15 is 0 Å². The fraction of sp³-hybridized carbons (Fsp3) is 0.818. The van der Waals surface area contributed by atoms with Crippen molar-refractivity contribution in [2.75, 3.05) is 0 Å². The van der Waals surface area contributed by atoms with Crippen LogP contribution in [0.15, 0.2) is 6.20 Å². The first-order valence-corrected chi connectivity index (χ1v) is 5.74. The van der Waals surface area contributed by atoms with E-state index in [9.17, 15) is 0 Å². The second kappa shape index (κ2) is 3.93. The number of aromatic nitrogens is 3. The topological polar surface area (TPSA) is 56.7 Å². The van der Waals surface area contributed by atoms with Gasteiger partial charge in [0.25, 0.3) is 0 Å². The van der Waals surface area contributed by atoms with Gasteiger partial charge in [-0.15, -0.1) is 5.10 Å². The van der Waals surface area contributed by atoms with Gasteiger partial charge in [0.05, 0.1) is 17.9 Å². The van der Waals surface area contributed by atoms with Crippen LogP contribution in [0, 0.1) is 5.41 Å². The quantitative estimate of drug-likeness (QED) is 0.806. The molecule has 2 rings (SSSR count). The minimum Gasteiger partial charge on any atom is -0.322 e. The van der Waals surface area contributed by atoms with Crippen molar-refractivity contribution in [2.24, 2.45) is 18.2 Å². The number of hydrogen-bond donors (Lipinski definition) is 1. The molecule has 0 aromatic carbocycles. The molecule has 1 aromatic heterocycles. The zero-order valence-electron chi connectivity index (χ0n) is 9.61. The zero-order chi connectivity index (χ0) is 10.9. The number of rotatable bonds is 2. The summed E-state index contributed by atoms with van der Waals surface area (Å²) in [6, 6.07) is 0.0674. The SMILES string of the molecule is Cn1nncc1C(N)C1(C)CCCCC1. The third kappa shape index (κ3) is 1.91. The normalized spacial score (nSPS) is 22.6. The molecule has 15 heavy (non-hydrogen) atoms. The Morgan fingerprint density at radius 3 is 2.60 bits per heavy atom. The molecule has 1 aliphatic carbocycles. The van der Waals surface area contributed by atoms with Crippen LogP contribution < -0.4 is 5.73 Å². The zero-order valence-corrected chi connectivity index (χ0v) is 9.61. The summed E-state index contributed by atoms with van der Waals surface area (Å²) < 4.78 is 1.80. The molecule has 0 amide bonds. The lowest BCUT2D eigenvalue weighted by atomic mass is 9.70. The Bertz CT molecular complexity index is 325. The third-order valence-electron chi connectivity index (χ3n) is 3.81. The molecule has 1 atom stereocenters. The fourth-order valence-electron chi connectivity index (χ4n) is 2.61. The van der Waals surface area contributed by atoms with Gasteiger partial charge in [0, 0.05) is 7.05 Å². The van der Waals surface area contributed by atoms with Crippen molar-refractivity contribution in [3.8, 4) is 0 Å². The molecule has 1 unspecified atom stereocenters. The van der Waals surface area contributed by atoms with E-state index in [1.807, 2.05) is 7.05 Å². The van der Waals surface area contributed by atoms with Crippen molar-refractivity contribution in [1.29, 1.82) is 0 Å². The molecule has 0 bridgehead atoms. The molecule has 0 spiro atoms. The van der Waals surface area contributed by atoms with Crippen molar-refractivity contribution >= 4 is 0 Å². The number of nitrogens with two attached hydrogens (primary N) is 1. The molecule has 84 valence electrons. The number of aryl methyl sites for hydroxylation is 1. The molecular weight excluding hydrogens is 188 g/mol. The highest BCUT2D eigenvalue weighted by Crippen LogP contribution is 2.43. The minimum atomic E-state index is 0.0674. The average molecular weight is 208 g/mol. The lowest BCUT2D eigenvalue weighted by Crippen LogP contribution is -2.35. The van der Waals surface area contributed by atoms with Crippen molar-refractivity contribution < 1.29 is 0 Å². The predicted molar refractivity (Wildman–Crippen MR) is 59.1 cm³/mol. The first-order valence-electron chi connectivity index (χ1n) is 5.74. The van der Waals surface area contributed by atoms with E-state index in [-0.39, 0.29) is 11.5 Å². The monoisotopic (exact) mass is 208 g/mol. The van der Waals surface area contributed by atoms with Gasteiger partial charge < -0.3 is 5.73 Å². The van der Waals surface area contributed by atoms with Crippen LogP contribution in [0.3, 0.4) is 0 Å². The van der Waals surface area contributed by atoms with Gasteiger partial charge in [-0.05, 0) is 18.3 Å². The van der Waals surface area contributed by atoms with E-state index < -0.39 is 0 Å². The highest BCUT2D eigenvalue weighted by Gasteiger charge is 2.35. The van der Waals surface area contributed by atoms with E-state index in [1.165, 1.54) is 32.1 Å². The van der Waals surface area contributed by atoms with Gasteiger partial charge in [-0.1, -0.05) is 31.4 Å². The number of nitrogens with zero attached hydrogens (tertiary/aromatic N) is 3. The summed E-state index contributed by atoms with van der Waals surface area (Å²) in [7, 11) is 1.91. The molecule has 0 aliphatic heterocycles. The van der Waals surface area contributed by atoms with Gasteiger partial charge in [-0.25, -0.2) is 0 Å². The second-order valence-electron chi connectivity index (χ2n) is 4.97. The molecule has 1 saturated carbocycles. The van der Waals surface area contributed by atoms with Crippen LogP contribution in [0.1, 0.15) is 50.8 Å². The van der Waals surface area contributed by atoms with Crippen LogP contribution in [0.5, 0.6) is 0 Å². The second-order valence-corrected chi connectivity index (χ2v) is 4.97. The van der Waals surface area contributed by atoms with Crippen LogP contribution >= 0.6 is 0 Å². The van der Waals surface area contributed by atoms with Gasteiger partial charge in [-0.3, -0.25) is 4.68 Å². The summed E-state index contributed by atoms with van der Waals surface area (Å²) in [5.41, 5.74) is 7.63. The molecule has 1 fully saturated rings. The van der Waals surface area contributed by atoms with E-state index in [0.29, 0.717) is 0 Å². The van der Waals surface area contributed by atoms with Crippen LogP contribution in [0.4, 0.5) is 0 Å². The Balaban J connectivity index is 2.19. The third-order valence-corrected chi connectivity index (χ3v) is 3.81. The molecule has 1 aliphatic rings. The summed E-state index contributed by atoms with van der Waals surface area (Å²) in [5.74, 6) is 0. The lowest BCUT2D eigenvalue weighted by molar-refractivity contribution is 0.165. The van der Waals surface area contributed by atoms with Crippen molar-refractivity contribution in [3.05, 3.63) is 11.9 Å². The molecule has 1 aromatic rings. The minimum absolute atomic E-state index is 0.0674. The van der Waals surface area contributed by atoms with Gasteiger partial charge in [0.15, 0.2) is 0 Å². The van der Waals surface area contributed by atoms with Gasteiger partial charge in [-0.2, -0.15) is 0 Å². The summed E-state index contributed by atoms with van der Waals surface area (Å²) in [6.07, 6.45) is 8.19. The maximum absolute atomic E-state index is 6.35. The van der Waals surface area contributed by atoms with Gasteiger partial charge in [0.2, 0.25) is 0 Å². The highest BCUT2D eigenvalue weighted by atomic mass is 15.4. The molecule has 1 heterocycles. The summed E-state index contributed by atoms with van der Waals surface area (Å²) in [6.45, 7) is 2.30. The first-order chi connectivity index (χ1) is 7.13. The van der Waals surface area contributed by atoms with Crippen LogP contribution in [0.2, 0.25) is 0 Å². The predicted octanol–water partition coefficient (Wildman–Crippen LogP) is 1.79. The summed E-state index contributed by atoms with van der Waals surface area (Å²) >= 11 is 0. The van der Waals surface area contributed by atoms with Crippen molar-refractivity contribution in [1.82, 2.24) is 15.0 Å². The molecule has 0 saturated heterocycles. The lowest BCUT2D eigenvalue weighted by Gasteiger charge is -2.38. The Hall–Kier alpha value is -0.900. The Morgan fingerprint density at radius 1 is 1.40 bits per heavy atom. The Kier molecular flexibility index (Phi) is 2.78. The van der Waals surface area contributed by atoms with E-state index in [4.69, 9.17) is 5.73 Å². The Morgan fingerprint density at radius 2 is 2.07 bits per heavy atom. The average Bonchev–Trinajstić information content (AvgIpc) is 2.64. The Labute approximate surface area is 90.8 Å². The fourth-order valence-corrected chi connectivity index (χ4v) is 2.61. The molecule has 4 nitrogen and oxygen atoms in total. The highest BCUT2D eigenvalue weighted by molar-refractivity contribution is 5.07. The van der Waals surface area contributed by atoms with E-state index in [2.05, 4.69) is 17.2 Å². The number of hydrogen-bond acceptors (Lipinski definition) is 3. The largest absolute Gasteiger partial charge is 0.322 e. The van der Waals surface area contributed by atoms with Gasteiger partial charge >= 0.3 is 0 Å². The van der Waals surface area contributed by atoms with Crippen LogP contribution in [-0.4, -0.2) is 15.0 Å². The standard InChI is InChI=1S/C11H20N4/c1-11(6-4-3-5-7-11)10(12)9-8-13-14-15(9)2/h8,10H,3-7,12H2,1-2H3. The first kappa shape index (κ1) is 10.6. The molecule has 2 N–H and O–H groups in total. The molecule has 4 heteroatoms. The van der Waals surface area contributed by atoms with Gasteiger partial charge in [0.1, 0.15) is 0 Å². The smallest absolute Gasteiger partial charge is 0.0756 e.